The maximum absolute atomic E-state index is 12.9. The Bertz CT molecular complexity index is 1120. The highest BCUT2D eigenvalue weighted by Crippen LogP contribution is 2.44. The lowest BCUT2D eigenvalue weighted by Crippen LogP contribution is -2.46. The standard InChI is InChI=1S/C26H24N2O5/c29-25(30)24-23(32-15-17-7-5-6-13-27-17)12-14-28(24)26(31)33-16-22-20-10-3-1-8-18(20)19-9-2-4-11-21(19)22/h1-11,13,22-24H,12,14-16H2,(H,29,30)/t23-,24-/m0/s1. The molecule has 0 spiro atoms. The molecule has 2 atom stereocenters. The molecular weight excluding hydrogens is 420 g/mol. The number of hydrogen-bond acceptors (Lipinski definition) is 5. The average Bonchev–Trinajstić information content (AvgIpc) is 3.42. The van der Waals surface area contributed by atoms with Crippen LogP contribution in [0.4, 0.5) is 4.79 Å². The minimum atomic E-state index is -1.10. The summed E-state index contributed by atoms with van der Waals surface area (Å²) >= 11 is 0. The Morgan fingerprint density at radius 2 is 1.64 bits per heavy atom. The van der Waals surface area contributed by atoms with Crippen LogP contribution in [0.2, 0.25) is 0 Å². The minimum absolute atomic E-state index is 0.0802. The van der Waals surface area contributed by atoms with Crippen LogP contribution in [-0.2, 0) is 20.9 Å². The predicted molar refractivity (Wildman–Crippen MR) is 121 cm³/mol. The molecule has 33 heavy (non-hydrogen) atoms. The fourth-order valence-electron chi connectivity index (χ4n) is 4.79. The van der Waals surface area contributed by atoms with E-state index in [9.17, 15) is 14.7 Å². The second kappa shape index (κ2) is 9.03. The summed E-state index contributed by atoms with van der Waals surface area (Å²) in [6, 6.07) is 20.5. The second-order valence-corrected chi connectivity index (χ2v) is 8.24. The van der Waals surface area contributed by atoms with Crippen molar-refractivity contribution in [3.8, 4) is 11.1 Å². The molecule has 1 aromatic heterocycles. The number of ether oxygens (including phenoxy) is 2. The van der Waals surface area contributed by atoms with E-state index in [1.165, 1.54) is 4.90 Å². The van der Waals surface area contributed by atoms with Crippen LogP contribution in [-0.4, -0.2) is 52.4 Å². The van der Waals surface area contributed by atoms with Crippen LogP contribution in [0.5, 0.6) is 0 Å². The average molecular weight is 444 g/mol. The summed E-state index contributed by atoms with van der Waals surface area (Å²) < 4.78 is 11.5. The van der Waals surface area contributed by atoms with Gasteiger partial charge in [0.1, 0.15) is 6.61 Å². The zero-order valence-electron chi connectivity index (χ0n) is 18.0. The van der Waals surface area contributed by atoms with Crippen LogP contribution in [0.1, 0.15) is 29.2 Å². The van der Waals surface area contributed by atoms with Crippen LogP contribution < -0.4 is 0 Å². The normalized spacial score (nSPS) is 19.2. The van der Waals surface area contributed by atoms with E-state index in [4.69, 9.17) is 9.47 Å². The van der Waals surface area contributed by atoms with E-state index < -0.39 is 24.2 Å². The highest BCUT2D eigenvalue weighted by Gasteiger charge is 2.44. The Labute approximate surface area is 191 Å². The van der Waals surface area contributed by atoms with Gasteiger partial charge in [0.2, 0.25) is 0 Å². The third-order valence-electron chi connectivity index (χ3n) is 6.34. The number of aliphatic carboxylic acids is 1. The number of amides is 1. The summed E-state index contributed by atoms with van der Waals surface area (Å²) in [5.41, 5.74) is 5.21. The zero-order chi connectivity index (χ0) is 22.8. The lowest BCUT2D eigenvalue weighted by molar-refractivity contribution is -0.146. The molecular formula is C26H24N2O5. The van der Waals surface area contributed by atoms with Crippen molar-refractivity contribution in [1.82, 2.24) is 9.88 Å². The first kappa shape index (κ1) is 21.2. The van der Waals surface area contributed by atoms with E-state index in [2.05, 4.69) is 17.1 Å². The molecule has 0 bridgehead atoms. The Kier molecular flexibility index (Phi) is 5.79. The maximum Gasteiger partial charge on any atom is 0.410 e. The SMILES string of the molecule is O=C(O)[C@@H]1[C@@H](OCc2ccccn2)CCN1C(=O)OCC1c2ccccc2-c2ccccc21. The zero-order valence-corrected chi connectivity index (χ0v) is 18.0. The Balaban J connectivity index is 1.26. The predicted octanol–water partition coefficient (Wildman–Crippen LogP) is 4.07. The first-order valence-corrected chi connectivity index (χ1v) is 11.0. The first-order chi connectivity index (χ1) is 16.1. The smallest absolute Gasteiger partial charge is 0.410 e. The fourth-order valence-corrected chi connectivity index (χ4v) is 4.79. The number of carbonyl (C=O) groups excluding carboxylic acids is 1. The monoisotopic (exact) mass is 444 g/mol. The lowest BCUT2D eigenvalue weighted by atomic mass is 9.98. The van der Waals surface area contributed by atoms with Crippen LogP contribution in [0.15, 0.2) is 72.9 Å². The maximum atomic E-state index is 12.9. The number of hydrogen-bond donors (Lipinski definition) is 1. The molecule has 7 nitrogen and oxygen atoms in total. The molecule has 2 aromatic carbocycles. The van der Waals surface area contributed by atoms with Gasteiger partial charge in [-0.15, -0.1) is 0 Å². The van der Waals surface area contributed by atoms with Gasteiger partial charge in [0.15, 0.2) is 6.04 Å². The molecule has 5 rings (SSSR count). The van der Waals surface area contributed by atoms with E-state index in [0.29, 0.717) is 12.1 Å². The molecule has 1 N–H and O–H groups in total. The highest BCUT2D eigenvalue weighted by atomic mass is 16.6. The third-order valence-corrected chi connectivity index (χ3v) is 6.34. The van der Waals surface area contributed by atoms with Crippen LogP contribution in [0, 0.1) is 0 Å². The highest BCUT2D eigenvalue weighted by molar-refractivity contribution is 5.82. The van der Waals surface area contributed by atoms with Crippen molar-refractivity contribution < 1.29 is 24.2 Å². The second-order valence-electron chi connectivity index (χ2n) is 8.24. The van der Waals surface area contributed by atoms with Crippen molar-refractivity contribution in [2.24, 2.45) is 0 Å². The van der Waals surface area contributed by atoms with E-state index in [1.807, 2.05) is 48.5 Å². The molecule has 1 amide bonds. The summed E-state index contributed by atoms with van der Waals surface area (Å²) in [6.07, 6.45) is 0.831. The number of benzene rings is 2. The summed E-state index contributed by atoms with van der Waals surface area (Å²) in [5.74, 6) is -1.18. The van der Waals surface area contributed by atoms with E-state index in [1.54, 1.807) is 12.3 Å². The van der Waals surface area contributed by atoms with Gasteiger partial charge in [-0.1, -0.05) is 54.6 Å². The molecule has 0 saturated carbocycles. The molecule has 0 unspecified atom stereocenters. The van der Waals surface area contributed by atoms with E-state index in [-0.39, 0.29) is 25.7 Å². The van der Waals surface area contributed by atoms with Crippen molar-refractivity contribution in [2.45, 2.75) is 31.1 Å². The fraction of sp³-hybridized carbons (Fsp3) is 0.269. The molecule has 0 radical (unpaired) electrons. The number of pyridine rings is 1. The number of fused-ring (bicyclic) bond motifs is 3. The number of aromatic nitrogens is 1. The summed E-state index contributed by atoms with van der Waals surface area (Å²) in [5, 5.41) is 9.80. The molecule has 1 aliphatic heterocycles. The van der Waals surface area contributed by atoms with E-state index >= 15 is 0 Å². The van der Waals surface area contributed by atoms with Crippen molar-refractivity contribution in [2.75, 3.05) is 13.2 Å². The molecule has 7 heteroatoms. The molecule has 2 aliphatic rings. The minimum Gasteiger partial charge on any atom is -0.480 e. The Hall–Kier alpha value is -3.71. The van der Waals surface area contributed by atoms with Gasteiger partial charge in [0.05, 0.1) is 18.4 Å². The number of carboxylic acids is 1. The van der Waals surface area contributed by atoms with Gasteiger partial charge in [0.25, 0.3) is 0 Å². The largest absolute Gasteiger partial charge is 0.480 e. The summed E-state index contributed by atoms with van der Waals surface area (Å²) in [4.78, 5) is 30.4. The van der Waals surface area contributed by atoms with Crippen LogP contribution in [0.3, 0.4) is 0 Å². The Morgan fingerprint density at radius 3 is 2.27 bits per heavy atom. The topological polar surface area (TPSA) is 89.0 Å². The van der Waals surface area contributed by atoms with Gasteiger partial charge in [-0.3, -0.25) is 9.88 Å². The third kappa shape index (κ3) is 4.07. The van der Waals surface area contributed by atoms with Crippen LogP contribution in [0.25, 0.3) is 11.1 Å². The molecule has 3 aromatic rings. The number of rotatable bonds is 6. The van der Waals surface area contributed by atoms with Gasteiger partial charge in [0, 0.05) is 18.7 Å². The number of carboxylic acid groups (broad SMARTS) is 1. The molecule has 1 fully saturated rings. The molecule has 1 aliphatic carbocycles. The first-order valence-electron chi connectivity index (χ1n) is 11.0. The van der Waals surface area contributed by atoms with Gasteiger partial charge < -0.3 is 14.6 Å². The number of likely N-dealkylation sites (tertiary alicyclic amines) is 1. The van der Waals surface area contributed by atoms with Crippen molar-refractivity contribution >= 4 is 12.1 Å². The van der Waals surface area contributed by atoms with Gasteiger partial charge in [-0.05, 0) is 40.8 Å². The van der Waals surface area contributed by atoms with E-state index in [0.717, 1.165) is 22.3 Å². The summed E-state index contributed by atoms with van der Waals surface area (Å²) in [7, 11) is 0. The quantitative estimate of drug-likeness (QED) is 0.616. The van der Waals surface area contributed by atoms with Crippen molar-refractivity contribution in [3.63, 3.8) is 0 Å². The summed E-state index contributed by atoms with van der Waals surface area (Å²) in [6.45, 7) is 0.601. The number of nitrogens with zero attached hydrogens (tertiary/aromatic N) is 2. The van der Waals surface area contributed by atoms with Crippen LogP contribution >= 0.6 is 0 Å². The Morgan fingerprint density at radius 1 is 0.970 bits per heavy atom. The number of carbonyl (C=O) groups is 2. The van der Waals surface area contributed by atoms with Gasteiger partial charge >= 0.3 is 12.1 Å². The lowest BCUT2D eigenvalue weighted by Gasteiger charge is -2.25. The van der Waals surface area contributed by atoms with Gasteiger partial charge in [-0.25, -0.2) is 9.59 Å². The molecule has 2 heterocycles. The van der Waals surface area contributed by atoms with Crippen molar-refractivity contribution in [3.05, 3.63) is 89.7 Å². The van der Waals surface area contributed by atoms with Crippen molar-refractivity contribution in [1.29, 1.82) is 0 Å². The molecule has 1 saturated heterocycles. The molecule has 168 valence electrons. The van der Waals surface area contributed by atoms with Gasteiger partial charge in [-0.2, -0.15) is 0 Å².